The largest absolute Gasteiger partial charge is 0.485 e. The van der Waals surface area contributed by atoms with E-state index in [0.29, 0.717) is 5.56 Å². The first kappa shape index (κ1) is 12.3. The first-order valence-electron chi connectivity index (χ1n) is 5.64. The summed E-state index contributed by atoms with van der Waals surface area (Å²) in [6.45, 7) is 1.97. The zero-order valence-corrected chi connectivity index (χ0v) is 10.0. The molecule has 0 aliphatic rings. The van der Waals surface area contributed by atoms with Gasteiger partial charge in [-0.1, -0.05) is 36.4 Å². The molecular formula is C15H13FO2. The van der Waals surface area contributed by atoms with Crippen molar-refractivity contribution >= 4 is 0 Å². The molecule has 18 heavy (non-hydrogen) atoms. The predicted octanol–water partition coefficient (Wildman–Crippen LogP) is 3.07. The van der Waals surface area contributed by atoms with E-state index in [1.807, 2.05) is 30.3 Å². The second-order valence-electron chi connectivity index (χ2n) is 4.04. The standard InChI is InChI=1S/C15H13FO2/c1-11-7-8-14(15(17)13(16)9-11)18-10-12-5-3-2-4-6-12/h2-9H,10H2,1H3. The number of benzene rings is 1. The van der Waals surface area contributed by atoms with Gasteiger partial charge in [0, 0.05) is 0 Å². The lowest BCUT2D eigenvalue weighted by molar-refractivity contribution is 0.302. The van der Waals surface area contributed by atoms with Crippen LogP contribution in [0.4, 0.5) is 4.39 Å². The summed E-state index contributed by atoms with van der Waals surface area (Å²) in [5.41, 5.74) is 0.902. The van der Waals surface area contributed by atoms with Crippen LogP contribution in [0.2, 0.25) is 0 Å². The van der Waals surface area contributed by atoms with E-state index < -0.39 is 11.2 Å². The third-order valence-corrected chi connectivity index (χ3v) is 2.53. The zero-order valence-electron chi connectivity index (χ0n) is 10.0. The van der Waals surface area contributed by atoms with Crippen LogP contribution in [0.5, 0.6) is 5.75 Å². The minimum atomic E-state index is -0.791. The molecule has 2 rings (SSSR count). The van der Waals surface area contributed by atoms with Crippen molar-refractivity contribution in [1.82, 2.24) is 0 Å². The number of hydrogen-bond acceptors (Lipinski definition) is 2. The Labute approximate surface area is 105 Å². The van der Waals surface area contributed by atoms with Gasteiger partial charge in [-0.15, -0.1) is 0 Å². The van der Waals surface area contributed by atoms with Gasteiger partial charge in [0.25, 0.3) is 5.43 Å². The van der Waals surface area contributed by atoms with Crippen LogP contribution >= 0.6 is 0 Å². The number of aryl methyl sites for hydroxylation is 1. The average Bonchev–Trinajstić information content (AvgIpc) is 2.50. The number of rotatable bonds is 3. The fourth-order valence-electron chi connectivity index (χ4n) is 1.56. The van der Waals surface area contributed by atoms with Crippen molar-refractivity contribution in [2.75, 3.05) is 0 Å². The van der Waals surface area contributed by atoms with E-state index in [-0.39, 0.29) is 12.4 Å². The lowest BCUT2D eigenvalue weighted by Crippen LogP contribution is -2.08. The van der Waals surface area contributed by atoms with Gasteiger partial charge < -0.3 is 4.74 Å². The van der Waals surface area contributed by atoms with Crippen molar-refractivity contribution in [2.24, 2.45) is 0 Å². The van der Waals surface area contributed by atoms with E-state index in [9.17, 15) is 9.18 Å². The van der Waals surface area contributed by atoms with E-state index in [2.05, 4.69) is 0 Å². The molecule has 0 spiro atoms. The lowest BCUT2D eigenvalue weighted by atomic mass is 10.2. The van der Waals surface area contributed by atoms with Crippen molar-refractivity contribution in [1.29, 1.82) is 0 Å². The first-order valence-corrected chi connectivity index (χ1v) is 5.64. The molecule has 0 aliphatic heterocycles. The highest BCUT2D eigenvalue weighted by molar-refractivity contribution is 5.26. The van der Waals surface area contributed by atoms with E-state index in [4.69, 9.17) is 4.74 Å². The van der Waals surface area contributed by atoms with Crippen LogP contribution < -0.4 is 10.2 Å². The second kappa shape index (κ2) is 5.45. The summed E-state index contributed by atoms with van der Waals surface area (Å²) in [5.74, 6) is -0.759. The molecule has 0 saturated carbocycles. The van der Waals surface area contributed by atoms with Gasteiger partial charge in [0.15, 0.2) is 11.6 Å². The summed E-state index contributed by atoms with van der Waals surface area (Å²) in [6, 6.07) is 13.8. The smallest absolute Gasteiger partial charge is 0.255 e. The second-order valence-corrected chi connectivity index (χ2v) is 4.04. The monoisotopic (exact) mass is 244 g/mol. The van der Waals surface area contributed by atoms with Gasteiger partial charge in [-0.3, -0.25) is 4.79 Å². The molecular weight excluding hydrogens is 231 g/mol. The Bertz CT molecular complexity index is 594. The summed E-state index contributed by atoms with van der Waals surface area (Å²) in [7, 11) is 0. The van der Waals surface area contributed by atoms with Gasteiger partial charge in [0.05, 0.1) is 0 Å². The molecule has 0 unspecified atom stereocenters. The molecule has 0 heterocycles. The molecule has 0 N–H and O–H groups in total. The van der Waals surface area contributed by atoms with E-state index in [0.717, 1.165) is 5.56 Å². The summed E-state index contributed by atoms with van der Waals surface area (Å²) in [4.78, 5) is 11.6. The lowest BCUT2D eigenvalue weighted by Gasteiger charge is -2.03. The fourth-order valence-corrected chi connectivity index (χ4v) is 1.56. The van der Waals surface area contributed by atoms with Crippen molar-refractivity contribution < 1.29 is 9.13 Å². The van der Waals surface area contributed by atoms with Gasteiger partial charge in [-0.25, -0.2) is 4.39 Å². The number of halogens is 1. The average molecular weight is 244 g/mol. The zero-order chi connectivity index (χ0) is 13.0. The summed E-state index contributed by atoms with van der Waals surface area (Å²) >= 11 is 0. The minimum absolute atomic E-state index is 0.0319. The Balaban J connectivity index is 2.23. The molecule has 0 atom stereocenters. The Morgan fingerprint density at radius 2 is 1.83 bits per heavy atom. The summed E-state index contributed by atoms with van der Waals surface area (Å²) in [5, 5.41) is 0. The number of hydrogen-bond donors (Lipinski definition) is 0. The molecule has 2 nitrogen and oxygen atoms in total. The van der Waals surface area contributed by atoms with Crippen molar-refractivity contribution in [3.05, 3.63) is 75.7 Å². The highest BCUT2D eigenvalue weighted by Gasteiger charge is 2.05. The van der Waals surface area contributed by atoms with Gasteiger partial charge in [0.2, 0.25) is 0 Å². The van der Waals surface area contributed by atoms with Gasteiger partial charge in [-0.2, -0.15) is 0 Å². The number of ether oxygens (including phenoxy) is 1. The van der Waals surface area contributed by atoms with Crippen LogP contribution in [0.3, 0.4) is 0 Å². The SMILES string of the molecule is Cc1ccc(OCc2ccccc2)c(=O)c(F)c1. The van der Waals surface area contributed by atoms with Crippen LogP contribution in [0.1, 0.15) is 11.1 Å². The molecule has 0 aliphatic carbocycles. The Morgan fingerprint density at radius 1 is 1.11 bits per heavy atom. The van der Waals surface area contributed by atoms with Gasteiger partial charge in [-0.05, 0) is 30.2 Å². The Kier molecular flexibility index (Phi) is 3.72. The molecule has 2 aromatic rings. The molecule has 0 amide bonds. The van der Waals surface area contributed by atoms with Crippen molar-refractivity contribution in [2.45, 2.75) is 13.5 Å². The maximum Gasteiger partial charge on any atom is 0.255 e. The van der Waals surface area contributed by atoms with E-state index >= 15 is 0 Å². The summed E-state index contributed by atoms with van der Waals surface area (Å²) in [6.07, 6.45) is 0. The third-order valence-electron chi connectivity index (χ3n) is 2.53. The van der Waals surface area contributed by atoms with Crippen LogP contribution in [-0.4, -0.2) is 0 Å². The topological polar surface area (TPSA) is 26.3 Å². The molecule has 0 radical (unpaired) electrons. The first-order chi connectivity index (χ1) is 8.66. The molecule has 0 aromatic heterocycles. The molecule has 0 bridgehead atoms. The van der Waals surface area contributed by atoms with Crippen molar-refractivity contribution in [3.8, 4) is 5.75 Å². The highest BCUT2D eigenvalue weighted by atomic mass is 19.1. The summed E-state index contributed by atoms with van der Waals surface area (Å²) < 4.78 is 18.8. The minimum Gasteiger partial charge on any atom is -0.485 e. The van der Waals surface area contributed by atoms with Crippen LogP contribution in [0.25, 0.3) is 0 Å². The van der Waals surface area contributed by atoms with Gasteiger partial charge >= 0.3 is 0 Å². The van der Waals surface area contributed by atoms with Crippen LogP contribution in [0, 0.1) is 12.7 Å². The van der Waals surface area contributed by atoms with Crippen molar-refractivity contribution in [3.63, 3.8) is 0 Å². The highest BCUT2D eigenvalue weighted by Crippen LogP contribution is 2.09. The van der Waals surface area contributed by atoms with Crippen LogP contribution in [0.15, 0.2) is 53.3 Å². The quantitative estimate of drug-likeness (QED) is 0.829. The maximum atomic E-state index is 13.4. The van der Waals surface area contributed by atoms with E-state index in [1.54, 1.807) is 13.0 Å². The Morgan fingerprint density at radius 3 is 2.56 bits per heavy atom. The van der Waals surface area contributed by atoms with Crippen LogP contribution in [-0.2, 0) is 6.61 Å². The Hall–Kier alpha value is -2.16. The molecule has 2 aromatic carbocycles. The predicted molar refractivity (Wildman–Crippen MR) is 68.2 cm³/mol. The van der Waals surface area contributed by atoms with E-state index in [1.165, 1.54) is 12.1 Å². The third kappa shape index (κ3) is 2.94. The molecule has 0 fully saturated rings. The fraction of sp³-hybridized carbons (Fsp3) is 0.133. The normalized spacial score (nSPS) is 10.1. The molecule has 3 heteroatoms. The van der Waals surface area contributed by atoms with Gasteiger partial charge in [0.1, 0.15) is 6.61 Å². The molecule has 92 valence electrons. The maximum absolute atomic E-state index is 13.4. The molecule has 0 saturated heterocycles.